The van der Waals surface area contributed by atoms with Crippen LogP contribution in [0.25, 0.3) is 0 Å². The lowest BCUT2D eigenvalue weighted by atomic mass is 9.59. The van der Waals surface area contributed by atoms with Gasteiger partial charge in [-0.05, 0) is 64.6 Å². The normalized spacial score (nSPS) is 34.4. The first-order valence-electron chi connectivity index (χ1n) is 9.93. The molecule has 0 bridgehead atoms. The maximum atomic E-state index is 11.5. The van der Waals surface area contributed by atoms with Gasteiger partial charge in [-0.2, -0.15) is 0 Å². The molecule has 4 atom stereocenters. The van der Waals surface area contributed by atoms with Crippen molar-refractivity contribution < 1.29 is 9.94 Å². The summed E-state index contributed by atoms with van der Waals surface area (Å²) in [5.74, 6) is 0.755. The number of benzene rings is 1. The quantitative estimate of drug-likeness (QED) is 0.475. The first kappa shape index (κ1) is 19.4. The van der Waals surface area contributed by atoms with Crippen molar-refractivity contribution in [3.8, 4) is 0 Å². The number of aryl methyl sites for hydroxylation is 1. The van der Waals surface area contributed by atoms with Crippen molar-refractivity contribution in [3.63, 3.8) is 0 Å². The van der Waals surface area contributed by atoms with Gasteiger partial charge in [0.1, 0.15) is 6.61 Å². The van der Waals surface area contributed by atoms with Gasteiger partial charge in [0.25, 0.3) is 0 Å². The minimum Gasteiger partial charge on any atom is -0.395 e. The Morgan fingerprint density at radius 3 is 2.85 bits per heavy atom. The Bertz CT molecular complexity index is 645. The molecule has 1 N–H and O–H groups in total. The number of oxime groups is 1. The molecule has 2 saturated carbocycles. The zero-order chi connectivity index (χ0) is 18.8. The lowest BCUT2D eigenvalue weighted by Crippen LogP contribution is -2.49. The molecule has 2 fully saturated rings. The van der Waals surface area contributed by atoms with Crippen LogP contribution in [0.5, 0.6) is 0 Å². The molecule has 26 heavy (non-hydrogen) atoms. The molecule has 0 aliphatic heterocycles. The van der Waals surface area contributed by atoms with Gasteiger partial charge in [-0.25, -0.2) is 0 Å². The zero-order valence-corrected chi connectivity index (χ0v) is 16.7. The fraction of sp³-hybridized carbons (Fsp3) is 0.682. The van der Waals surface area contributed by atoms with Crippen LogP contribution in [0.2, 0.25) is 0 Å². The van der Waals surface area contributed by atoms with Crippen molar-refractivity contribution in [1.82, 2.24) is 4.90 Å². The van der Waals surface area contributed by atoms with Gasteiger partial charge in [-0.1, -0.05) is 41.9 Å². The summed E-state index contributed by atoms with van der Waals surface area (Å²) in [6, 6.07) is 8.78. The lowest BCUT2D eigenvalue weighted by molar-refractivity contribution is -0.0959. The van der Waals surface area contributed by atoms with Crippen LogP contribution < -0.4 is 0 Å². The van der Waals surface area contributed by atoms with E-state index < -0.39 is 5.60 Å². The van der Waals surface area contributed by atoms with Crippen LogP contribution in [0.1, 0.15) is 56.1 Å². The van der Waals surface area contributed by atoms with Gasteiger partial charge in [0.2, 0.25) is 0 Å². The van der Waals surface area contributed by atoms with Crippen molar-refractivity contribution in [1.29, 1.82) is 0 Å². The number of nitrogens with zero attached hydrogens (tertiary/aromatic N) is 2. The molecule has 3 rings (SSSR count). The Labute approximate surface area is 158 Å². The number of fused-ring (bicyclic) bond motifs is 1. The summed E-state index contributed by atoms with van der Waals surface area (Å²) in [7, 11) is 4.05. The predicted molar refractivity (Wildman–Crippen MR) is 107 cm³/mol. The highest BCUT2D eigenvalue weighted by atomic mass is 16.6. The highest BCUT2D eigenvalue weighted by Gasteiger charge is 2.58. The fourth-order valence-electron chi connectivity index (χ4n) is 4.92. The third-order valence-corrected chi connectivity index (χ3v) is 6.81. The minimum atomic E-state index is -0.597. The van der Waals surface area contributed by atoms with E-state index in [-0.39, 0.29) is 5.41 Å². The van der Waals surface area contributed by atoms with Crippen molar-refractivity contribution in [2.45, 2.75) is 57.5 Å². The Balaban J connectivity index is 1.65. The molecular formula is C22H34N2O2. The van der Waals surface area contributed by atoms with Gasteiger partial charge < -0.3 is 14.8 Å². The topological polar surface area (TPSA) is 45.1 Å². The van der Waals surface area contributed by atoms with E-state index in [0.29, 0.717) is 18.4 Å². The molecule has 0 unspecified atom stereocenters. The molecule has 144 valence electrons. The van der Waals surface area contributed by atoms with Crippen LogP contribution in [-0.2, 0) is 4.84 Å². The van der Waals surface area contributed by atoms with E-state index in [1.165, 1.54) is 11.1 Å². The molecule has 0 heterocycles. The van der Waals surface area contributed by atoms with Crippen LogP contribution in [0.3, 0.4) is 0 Å². The zero-order valence-electron chi connectivity index (χ0n) is 16.7. The van der Waals surface area contributed by atoms with Gasteiger partial charge in [0.15, 0.2) is 0 Å². The average molecular weight is 359 g/mol. The third kappa shape index (κ3) is 3.81. The number of hydrogen-bond donors (Lipinski definition) is 1. The van der Waals surface area contributed by atoms with E-state index in [1.807, 2.05) is 20.3 Å². The second-order valence-corrected chi connectivity index (χ2v) is 8.84. The second kappa shape index (κ2) is 7.69. The van der Waals surface area contributed by atoms with E-state index in [1.54, 1.807) is 0 Å². The van der Waals surface area contributed by atoms with E-state index >= 15 is 0 Å². The maximum Gasteiger partial charge on any atom is 0.129 e. The fourth-order valence-corrected chi connectivity index (χ4v) is 4.92. The maximum absolute atomic E-state index is 11.5. The molecule has 1 aromatic carbocycles. The van der Waals surface area contributed by atoms with E-state index in [9.17, 15) is 5.11 Å². The lowest BCUT2D eigenvalue weighted by Gasteiger charge is -2.48. The van der Waals surface area contributed by atoms with Crippen LogP contribution in [0.15, 0.2) is 29.4 Å². The molecular weight excluding hydrogens is 324 g/mol. The molecule has 4 heteroatoms. The van der Waals surface area contributed by atoms with Crippen molar-refractivity contribution in [3.05, 3.63) is 35.4 Å². The summed E-state index contributed by atoms with van der Waals surface area (Å²) in [5.41, 5.74) is 1.99. The summed E-state index contributed by atoms with van der Waals surface area (Å²) in [6.07, 6.45) is 6.85. The first-order chi connectivity index (χ1) is 12.3. The molecule has 0 saturated heterocycles. The smallest absolute Gasteiger partial charge is 0.129 e. The predicted octanol–water partition coefficient (Wildman–Crippen LogP) is 3.97. The van der Waals surface area contributed by atoms with Gasteiger partial charge in [-0.15, -0.1) is 0 Å². The van der Waals surface area contributed by atoms with E-state index in [0.717, 1.165) is 38.6 Å². The molecule has 0 amide bonds. The van der Waals surface area contributed by atoms with Crippen LogP contribution in [0, 0.1) is 18.3 Å². The molecule has 0 aromatic heterocycles. The van der Waals surface area contributed by atoms with Crippen LogP contribution in [-0.4, -0.2) is 49.1 Å². The molecule has 4 nitrogen and oxygen atoms in total. The Morgan fingerprint density at radius 2 is 2.12 bits per heavy atom. The monoisotopic (exact) mass is 358 g/mol. The molecule has 0 spiro atoms. The largest absolute Gasteiger partial charge is 0.395 e. The number of rotatable bonds is 6. The summed E-state index contributed by atoms with van der Waals surface area (Å²) in [6.45, 7) is 5.86. The summed E-state index contributed by atoms with van der Waals surface area (Å²) >= 11 is 0. The van der Waals surface area contributed by atoms with Crippen LogP contribution in [0.4, 0.5) is 0 Å². The van der Waals surface area contributed by atoms with Gasteiger partial charge in [-0.3, -0.25) is 0 Å². The van der Waals surface area contributed by atoms with E-state index in [4.69, 9.17) is 4.84 Å². The number of likely N-dealkylation sites (N-methyl/N-ethyl adjacent to an activating group) is 1. The Kier molecular flexibility index (Phi) is 5.73. The third-order valence-electron chi connectivity index (χ3n) is 6.81. The molecule has 0 radical (unpaired) electrons. The summed E-state index contributed by atoms with van der Waals surface area (Å²) < 4.78 is 0. The number of aliphatic hydroxyl groups is 1. The highest BCUT2D eigenvalue weighted by molar-refractivity contribution is 5.62. The van der Waals surface area contributed by atoms with Gasteiger partial charge in [0.05, 0.1) is 5.60 Å². The minimum absolute atomic E-state index is 0.0955. The van der Waals surface area contributed by atoms with Crippen molar-refractivity contribution in [2.75, 3.05) is 27.2 Å². The van der Waals surface area contributed by atoms with Gasteiger partial charge >= 0.3 is 0 Å². The van der Waals surface area contributed by atoms with E-state index in [2.05, 4.69) is 48.2 Å². The highest BCUT2D eigenvalue weighted by Crippen LogP contribution is 2.60. The summed E-state index contributed by atoms with van der Waals surface area (Å²) in [5, 5.41) is 15.7. The van der Waals surface area contributed by atoms with Gasteiger partial charge in [0, 0.05) is 24.1 Å². The number of hydrogen-bond acceptors (Lipinski definition) is 4. The average Bonchev–Trinajstić information content (AvgIpc) is 2.85. The molecule has 2 aliphatic rings. The SMILES string of the molecule is Cc1cccc([C@H]2CC[C@]3(C)[C@@H](/C=N/OCCN(C)C)CC[C@]3(O)C2)c1. The summed E-state index contributed by atoms with van der Waals surface area (Å²) in [4.78, 5) is 7.49. The second-order valence-electron chi connectivity index (χ2n) is 8.84. The Morgan fingerprint density at radius 1 is 1.31 bits per heavy atom. The Hall–Kier alpha value is -1.39. The standard InChI is InChI=1S/C22H34N2O2/c1-17-6-5-7-18(14-17)19-8-10-21(2)20(9-11-22(21,25)15-19)16-23-26-13-12-24(3)4/h5-7,14,16,19-20,25H,8-13,15H2,1-4H3/b23-16+/t19-,20+,21+,22-/m0/s1. The first-order valence-corrected chi connectivity index (χ1v) is 9.93. The molecule has 2 aliphatic carbocycles. The van der Waals surface area contributed by atoms with Crippen LogP contribution >= 0.6 is 0 Å². The molecule has 1 aromatic rings. The van der Waals surface area contributed by atoms with Crippen molar-refractivity contribution >= 4 is 6.21 Å². The van der Waals surface area contributed by atoms with Crippen molar-refractivity contribution in [2.24, 2.45) is 16.5 Å².